The lowest BCUT2D eigenvalue weighted by molar-refractivity contribution is 0.0270. The quantitative estimate of drug-likeness (QED) is 0.499. The Morgan fingerprint density at radius 2 is 2.33 bits per heavy atom. The molecule has 3 nitrogen and oxygen atoms in total. The molecule has 0 bridgehead atoms. The highest BCUT2D eigenvalue weighted by atomic mass is 16.3. The fourth-order valence-corrected chi connectivity index (χ4v) is 1.11. The zero-order valence-corrected chi connectivity index (χ0v) is 5.62. The largest absolute Gasteiger partial charge is 0.392 e. The summed E-state index contributed by atoms with van der Waals surface area (Å²) < 4.78 is 0. The minimum absolute atomic E-state index is 0.223. The fourth-order valence-electron chi connectivity index (χ4n) is 1.11. The summed E-state index contributed by atoms with van der Waals surface area (Å²) in [5.41, 5.74) is 0. The van der Waals surface area contributed by atoms with E-state index in [-0.39, 0.29) is 6.10 Å². The third-order valence-electron chi connectivity index (χ3n) is 1.72. The van der Waals surface area contributed by atoms with E-state index in [4.69, 9.17) is 10.2 Å². The van der Waals surface area contributed by atoms with E-state index in [2.05, 4.69) is 0 Å². The normalized spacial score (nSPS) is 33.0. The van der Waals surface area contributed by atoms with Crippen LogP contribution in [0.1, 0.15) is 13.3 Å². The van der Waals surface area contributed by atoms with Gasteiger partial charge in [0, 0.05) is 13.1 Å². The van der Waals surface area contributed by atoms with Crippen molar-refractivity contribution in [3.8, 4) is 0 Å². The molecule has 0 aromatic heterocycles. The van der Waals surface area contributed by atoms with Crippen LogP contribution in [0.5, 0.6) is 0 Å². The van der Waals surface area contributed by atoms with Crippen molar-refractivity contribution < 1.29 is 10.2 Å². The number of likely N-dealkylation sites (tertiary alicyclic amines) is 1. The van der Waals surface area contributed by atoms with Gasteiger partial charge in [-0.25, -0.2) is 0 Å². The van der Waals surface area contributed by atoms with E-state index in [1.54, 1.807) is 6.92 Å². The molecule has 1 aliphatic rings. The first-order valence-corrected chi connectivity index (χ1v) is 3.30. The highest BCUT2D eigenvalue weighted by Crippen LogP contribution is 2.09. The van der Waals surface area contributed by atoms with Crippen LogP contribution in [0.3, 0.4) is 0 Å². The van der Waals surface area contributed by atoms with Crippen molar-refractivity contribution in [1.29, 1.82) is 0 Å². The van der Waals surface area contributed by atoms with Gasteiger partial charge in [-0.2, -0.15) is 0 Å². The molecule has 0 saturated carbocycles. The highest BCUT2D eigenvalue weighted by molar-refractivity contribution is 4.74. The van der Waals surface area contributed by atoms with Crippen LogP contribution in [0, 0.1) is 0 Å². The molecule has 1 rings (SSSR count). The summed E-state index contributed by atoms with van der Waals surface area (Å²) in [6.07, 6.45) is 0.173. The Bertz CT molecular complexity index is 95.1. The molecule has 0 aromatic carbocycles. The third kappa shape index (κ3) is 1.64. The number of nitrogens with zero attached hydrogens (tertiary/aromatic N) is 1. The lowest BCUT2D eigenvalue weighted by Crippen LogP contribution is -2.31. The topological polar surface area (TPSA) is 43.7 Å². The highest BCUT2D eigenvalue weighted by Gasteiger charge is 2.22. The van der Waals surface area contributed by atoms with Gasteiger partial charge in [-0.05, 0) is 13.3 Å². The number of hydrogen-bond acceptors (Lipinski definition) is 3. The van der Waals surface area contributed by atoms with Gasteiger partial charge in [-0.15, -0.1) is 0 Å². The van der Waals surface area contributed by atoms with Gasteiger partial charge in [0.1, 0.15) is 6.23 Å². The summed E-state index contributed by atoms with van der Waals surface area (Å²) in [5, 5.41) is 18.0. The maximum absolute atomic E-state index is 9.00. The number of aliphatic hydroxyl groups is 2. The number of aliphatic hydroxyl groups excluding tert-OH is 2. The average molecular weight is 131 g/mol. The second-order valence-corrected chi connectivity index (χ2v) is 2.57. The van der Waals surface area contributed by atoms with Crippen LogP contribution < -0.4 is 0 Å². The second-order valence-electron chi connectivity index (χ2n) is 2.57. The molecule has 1 fully saturated rings. The van der Waals surface area contributed by atoms with Crippen LogP contribution in [-0.4, -0.2) is 40.5 Å². The van der Waals surface area contributed by atoms with Gasteiger partial charge in [-0.1, -0.05) is 0 Å². The van der Waals surface area contributed by atoms with Gasteiger partial charge in [0.15, 0.2) is 0 Å². The maximum atomic E-state index is 9.00. The monoisotopic (exact) mass is 131 g/mol. The predicted octanol–water partition coefficient (Wildman–Crippen LogP) is -0.609. The molecule has 2 atom stereocenters. The van der Waals surface area contributed by atoms with E-state index in [1.807, 2.05) is 4.90 Å². The van der Waals surface area contributed by atoms with Crippen molar-refractivity contribution in [2.75, 3.05) is 13.1 Å². The molecule has 0 amide bonds. The Morgan fingerprint density at radius 3 is 2.56 bits per heavy atom. The first-order chi connectivity index (χ1) is 4.20. The van der Waals surface area contributed by atoms with E-state index < -0.39 is 6.23 Å². The number of rotatable bonds is 1. The molecule has 54 valence electrons. The zero-order valence-electron chi connectivity index (χ0n) is 5.62. The number of hydrogen-bond donors (Lipinski definition) is 2. The SMILES string of the molecule is CC(O)N1CC[C@H](O)C1. The summed E-state index contributed by atoms with van der Waals surface area (Å²) in [7, 11) is 0. The first kappa shape index (κ1) is 6.99. The molecule has 3 heteroatoms. The molecular weight excluding hydrogens is 118 g/mol. The van der Waals surface area contributed by atoms with E-state index in [0.29, 0.717) is 6.54 Å². The van der Waals surface area contributed by atoms with Crippen molar-refractivity contribution >= 4 is 0 Å². The maximum Gasteiger partial charge on any atom is 0.104 e. The summed E-state index contributed by atoms with van der Waals surface area (Å²) in [4.78, 5) is 1.85. The molecule has 9 heavy (non-hydrogen) atoms. The summed E-state index contributed by atoms with van der Waals surface area (Å²) in [6, 6.07) is 0. The van der Waals surface area contributed by atoms with Crippen LogP contribution in [0.4, 0.5) is 0 Å². The molecule has 2 N–H and O–H groups in total. The van der Waals surface area contributed by atoms with Crippen LogP contribution in [-0.2, 0) is 0 Å². The smallest absolute Gasteiger partial charge is 0.104 e. The molecule has 1 saturated heterocycles. The van der Waals surface area contributed by atoms with Crippen LogP contribution >= 0.6 is 0 Å². The Balaban J connectivity index is 2.30. The molecule has 1 unspecified atom stereocenters. The summed E-state index contributed by atoms with van der Waals surface area (Å²) in [5.74, 6) is 0. The predicted molar refractivity (Wildman–Crippen MR) is 33.9 cm³/mol. The first-order valence-electron chi connectivity index (χ1n) is 3.30. The van der Waals surface area contributed by atoms with Gasteiger partial charge in [0.25, 0.3) is 0 Å². The van der Waals surface area contributed by atoms with Crippen LogP contribution in [0.25, 0.3) is 0 Å². The molecule has 1 heterocycles. The van der Waals surface area contributed by atoms with Crippen molar-refractivity contribution in [1.82, 2.24) is 4.90 Å². The second kappa shape index (κ2) is 2.64. The van der Waals surface area contributed by atoms with E-state index in [9.17, 15) is 0 Å². The van der Waals surface area contributed by atoms with Crippen molar-refractivity contribution in [2.24, 2.45) is 0 Å². The van der Waals surface area contributed by atoms with E-state index in [1.165, 1.54) is 0 Å². The van der Waals surface area contributed by atoms with Gasteiger partial charge < -0.3 is 10.2 Å². The third-order valence-corrected chi connectivity index (χ3v) is 1.72. The van der Waals surface area contributed by atoms with E-state index in [0.717, 1.165) is 13.0 Å². The summed E-state index contributed by atoms with van der Waals surface area (Å²) in [6.45, 7) is 3.16. The molecule has 0 spiro atoms. The molecule has 0 radical (unpaired) electrons. The molecular formula is C6H13NO2. The minimum atomic E-state index is -0.401. The molecule has 1 aliphatic heterocycles. The van der Waals surface area contributed by atoms with E-state index >= 15 is 0 Å². The molecule has 0 aliphatic carbocycles. The van der Waals surface area contributed by atoms with Gasteiger partial charge in [-0.3, -0.25) is 4.90 Å². The Morgan fingerprint density at radius 1 is 1.67 bits per heavy atom. The Kier molecular flexibility index (Phi) is 2.05. The van der Waals surface area contributed by atoms with Crippen molar-refractivity contribution in [3.05, 3.63) is 0 Å². The summed E-state index contributed by atoms with van der Waals surface area (Å²) >= 11 is 0. The van der Waals surface area contributed by atoms with Crippen LogP contribution in [0.2, 0.25) is 0 Å². The molecule has 0 aromatic rings. The van der Waals surface area contributed by atoms with Crippen LogP contribution in [0.15, 0.2) is 0 Å². The Labute approximate surface area is 54.9 Å². The minimum Gasteiger partial charge on any atom is -0.392 e. The lowest BCUT2D eigenvalue weighted by Gasteiger charge is -2.17. The van der Waals surface area contributed by atoms with Crippen molar-refractivity contribution in [3.63, 3.8) is 0 Å². The zero-order chi connectivity index (χ0) is 6.85. The average Bonchev–Trinajstić information content (AvgIpc) is 2.14. The Hall–Kier alpha value is -0.120. The lowest BCUT2D eigenvalue weighted by atomic mass is 10.3. The number of β-amino-alcohol motifs (C(OH)–C–C–N with tert-alkyl or cyclic N) is 1. The standard InChI is InChI=1S/C6H13NO2/c1-5(8)7-3-2-6(9)4-7/h5-6,8-9H,2-4H2,1H3/t5?,6-/m0/s1. The van der Waals surface area contributed by atoms with Gasteiger partial charge in [0.2, 0.25) is 0 Å². The van der Waals surface area contributed by atoms with Crippen molar-refractivity contribution in [2.45, 2.75) is 25.7 Å². The van der Waals surface area contributed by atoms with Gasteiger partial charge >= 0.3 is 0 Å². The van der Waals surface area contributed by atoms with Gasteiger partial charge in [0.05, 0.1) is 6.10 Å². The fraction of sp³-hybridized carbons (Fsp3) is 1.00.